The minimum Gasteiger partial charge on any atom is -0.310 e. The first-order valence-corrected chi connectivity index (χ1v) is 5.57. The van der Waals surface area contributed by atoms with Gasteiger partial charge in [0.2, 0.25) is 0 Å². The number of piperidine rings is 1. The summed E-state index contributed by atoms with van der Waals surface area (Å²) in [7, 11) is 0. The predicted molar refractivity (Wildman–Crippen MR) is 58.9 cm³/mol. The molecular formula is C10H12Cl2N2. The van der Waals surface area contributed by atoms with Gasteiger partial charge in [-0.2, -0.15) is 0 Å². The van der Waals surface area contributed by atoms with Gasteiger partial charge < -0.3 is 5.32 Å². The Morgan fingerprint density at radius 2 is 2.21 bits per heavy atom. The quantitative estimate of drug-likeness (QED) is 0.750. The van der Waals surface area contributed by atoms with E-state index in [4.69, 9.17) is 23.2 Å². The first-order valence-electron chi connectivity index (χ1n) is 4.81. The standard InChI is InChI=1S/C10H12Cl2N2/c11-8-5-10(12)14-6-7(8)9-3-1-2-4-13-9/h5-6,9,13H,1-4H2/t9-/m1/s1. The van der Waals surface area contributed by atoms with E-state index in [-0.39, 0.29) is 0 Å². The lowest BCUT2D eigenvalue weighted by atomic mass is 9.99. The lowest BCUT2D eigenvalue weighted by molar-refractivity contribution is 0.412. The van der Waals surface area contributed by atoms with Crippen LogP contribution in [-0.4, -0.2) is 11.5 Å². The van der Waals surface area contributed by atoms with Crippen molar-refractivity contribution in [3.63, 3.8) is 0 Å². The smallest absolute Gasteiger partial charge is 0.130 e. The molecule has 0 unspecified atom stereocenters. The summed E-state index contributed by atoms with van der Waals surface area (Å²) in [6.45, 7) is 1.06. The van der Waals surface area contributed by atoms with E-state index in [0.29, 0.717) is 16.2 Å². The molecule has 0 saturated carbocycles. The van der Waals surface area contributed by atoms with Gasteiger partial charge in [-0.25, -0.2) is 4.98 Å². The second-order valence-corrected chi connectivity index (χ2v) is 4.33. The van der Waals surface area contributed by atoms with E-state index in [1.165, 1.54) is 12.8 Å². The summed E-state index contributed by atoms with van der Waals surface area (Å²) in [6, 6.07) is 2.05. The molecule has 2 nitrogen and oxygen atoms in total. The van der Waals surface area contributed by atoms with Crippen LogP contribution < -0.4 is 5.32 Å². The number of nitrogens with one attached hydrogen (secondary N) is 1. The van der Waals surface area contributed by atoms with E-state index in [9.17, 15) is 0 Å². The molecule has 0 bridgehead atoms. The maximum Gasteiger partial charge on any atom is 0.130 e. The van der Waals surface area contributed by atoms with Crippen molar-refractivity contribution in [1.82, 2.24) is 10.3 Å². The van der Waals surface area contributed by atoms with E-state index < -0.39 is 0 Å². The average molecular weight is 231 g/mol. The first-order chi connectivity index (χ1) is 6.77. The van der Waals surface area contributed by atoms with Crippen LogP contribution in [0.15, 0.2) is 12.3 Å². The van der Waals surface area contributed by atoms with Crippen LogP contribution in [0.3, 0.4) is 0 Å². The highest BCUT2D eigenvalue weighted by Crippen LogP contribution is 2.29. The zero-order valence-corrected chi connectivity index (χ0v) is 9.28. The summed E-state index contributed by atoms with van der Waals surface area (Å²) in [5.74, 6) is 0. The molecule has 1 aliphatic rings. The van der Waals surface area contributed by atoms with Crippen LogP contribution in [-0.2, 0) is 0 Å². The molecule has 1 aromatic heterocycles. The maximum absolute atomic E-state index is 6.10. The molecule has 1 fully saturated rings. The minimum atomic E-state index is 0.348. The number of nitrogens with zero attached hydrogens (tertiary/aromatic N) is 1. The zero-order valence-electron chi connectivity index (χ0n) is 7.76. The highest BCUT2D eigenvalue weighted by Gasteiger charge is 2.17. The fourth-order valence-electron chi connectivity index (χ4n) is 1.79. The van der Waals surface area contributed by atoms with Crippen LogP contribution in [0.2, 0.25) is 10.2 Å². The Morgan fingerprint density at radius 3 is 2.86 bits per heavy atom. The van der Waals surface area contributed by atoms with Gasteiger partial charge in [-0.15, -0.1) is 0 Å². The molecule has 14 heavy (non-hydrogen) atoms. The van der Waals surface area contributed by atoms with Crippen LogP contribution in [0.1, 0.15) is 30.9 Å². The topological polar surface area (TPSA) is 24.9 Å². The van der Waals surface area contributed by atoms with E-state index in [0.717, 1.165) is 18.5 Å². The highest BCUT2D eigenvalue weighted by molar-refractivity contribution is 6.34. The Bertz CT molecular complexity index is 322. The molecule has 1 atom stereocenters. The predicted octanol–water partition coefficient (Wildman–Crippen LogP) is 3.20. The molecule has 0 radical (unpaired) electrons. The fourth-order valence-corrected chi connectivity index (χ4v) is 2.29. The van der Waals surface area contributed by atoms with E-state index in [1.54, 1.807) is 12.3 Å². The van der Waals surface area contributed by atoms with Gasteiger partial charge in [0.25, 0.3) is 0 Å². The Hall–Kier alpha value is -0.310. The van der Waals surface area contributed by atoms with E-state index >= 15 is 0 Å². The molecular weight excluding hydrogens is 219 g/mol. The van der Waals surface area contributed by atoms with Crippen molar-refractivity contribution in [2.45, 2.75) is 25.3 Å². The van der Waals surface area contributed by atoms with E-state index in [2.05, 4.69) is 10.3 Å². The molecule has 0 aromatic carbocycles. The van der Waals surface area contributed by atoms with Crippen molar-refractivity contribution in [2.75, 3.05) is 6.54 Å². The molecule has 0 amide bonds. The van der Waals surface area contributed by atoms with Crippen LogP contribution in [0.4, 0.5) is 0 Å². The Morgan fingerprint density at radius 1 is 1.36 bits per heavy atom. The normalized spacial score (nSPS) is 22.3. The minimum absolute atomic E-state index is 0.348. The molecule has 0 aliphatic carbocycles. The largest absolute Gasteiger partial charge is 0.310 e. The van der Waals surface area contributed by atoms with Crippen molar-refractivity contribution in [1.29, 1.82) is 0 Å². The molecule has 0 spiro atoms. The van der Waals surface area contributed by atoms with Crippen LogP contribution in [0.25, 0.3) is 0 Å². The van der Waals surface area contributed by atoms with Crippen molar-refractivity contribution < 1.29 is 0 Å². The Kier molecular flexibility index (Phi) is 3.26. The molecule has 4 heteroatoms. The van der Waals surface area contributed by atoms with Gasteiger partial charge in [0, 0.05) is 22.8 Å². The number of hydrogen-bond acceptors (Lipinski definition) is 2. The summed E-state index contributed by atoms with van der Waals surface area (Å²) in [5, 5.41) is 4.59. The van der Waals surface area contributed by atoms with Gasteiger partial charge in [-0.3, -0.25) is 0 Å². The second-order valence-electron chi connectivity index (χ2n) is 3.53. The summed E-state index contributed by atoms with van der Waals surface area (Å²) in [4.78, 5) is 4.06. The van der Waals surface area contributed by atoms with Gasteiger partial charge in [0.1, 0.15) is 5.15 Å². The van der Waals surface area contributed by atoms with Gasteiger partial charge in [-0.05, 0) is 25.5 Å². The summed E-state index contributed by atoms with van der Waals surface area (Å²) in [6.07, 6.45) is 5.39. The second kappa shape index (κ2) is 4.47. The van der Waals surface area contributed by atoms with Crippen molar-refractivity contribution in [3.8, 4) is 0 Å². The number of halogens is 2. The van der Waals surface area contributed by atoms with Crippen molar-refractivity contribution in [2.24, 2.45) is 0 Å². The molecule has 76 valence electrons. The number of hydrogen-bond donors (Lipinski definition) is 1. The molecule has 2 heterocycles. The SMILES string of the molecule is Clc1cc(Cl)c([C@H]2CCCCN2)cn1. The Labute approximate surface area is 93.6 Å². The zero-order chi connectivity index (χ0) is 9.97. The number of pyridine rings is 1. The average Bonchev–Trinajstić information content (AvgIpc) is 2.19. The lowest BCUT2D eigenvalue weighted by Crippen LogP contribution is -2.27. The molecule has 2 rings (SSSR count). The van der Waals surface area contributed by atoms with Crippen LogP contribution in [0, 0.1) is 0 Å². The van der Waals surface area contributed by atoms with Crippen molar-refractivity contribution >= 4 is 23.2 Å². The van der Waals surface area contributed by atoms with E-state index in [1.807, 2.05) is 0 Å². The van der Waals surface area contributed by atoms with Crippen LogP contribution >= 0.6 is 23.2 Å². The van der Waals surface area contributed by atoms with Crippen molar-refractivity contribution in [3.05, 3.63) is 28.0 Å². The molecule has 1 saturated heterocycles. The molecule has 1 N–H and O–H groups in total. The summed E-state index contributed by atoms with van der Waals surface area (Å²) in [5.41, 5.74) is 1.07. The third-order valence-electron chi connectivity index (χ3n) is 2.53. The fraction of sp³-hybridized carbons (Fsp3) is 0.500. The third kappa shape index (κ3) is 2.19. The van der Waals surface area contributed by atoms with Gasteiger partial charge in [-0.1, -0.05) is 29.6 Å². The van der Waals surface area contributed by atoms with Crippen LogP contribution in [0.5, 0.6) is 0 Å². The van der Waals surface area contributed by atoms with Gasteiger partial charge in [0.05, 0.1) is 0 Å². The first kappa shape index (κ1) is 10.2. The lowest BCUT2D eigenvalue weighted by Gasteiger charge is -2.24. The molecule has 1 aliphatic heterocycles. The summed E-state index contributed by atoms with van der Waals surface area (Å²) >= 11 is 11.8. The molecule has 1 aromatic rings. The maximum atomic E-state index is 6.10. The monoisotopic (exact) mass is 230 g/mol. The number of aromatic nitrogens is 1. The Balaban J connectivity index is 2.22. The van der Waals surface area contributed by atoms with Gasteiger partial charge >= 0.3 is 0 Å². The summed E-state index contributed by atoms with van der Waals surface area (Å²) < 4.78 is 0. The third-order valence-corrected chi connectivity index (χ3v) is 3.07. The van der Waals surface area contributed by atoms with Gasteiger partial charge in [0.15, 0.2) is 0 Å². The number of rotatable bonds is 1. The highest BCUT2D eigenvalue weighted by atomic mass is 35.5.